The molecule has 0 saturated carbocycles. The number of carbonyl (C=O) groups excluding carboxylic acids is 1. The van der Waals surface area contributed by atoms with Crippen molar-refractivity contribution in [2.75, 3.05) is 32.2 Å². The van der Waals surface area contributed by atoms with Crippen LogP contribution in [0.5, 0.6) is 5.75 Å². The van der Waals surface area contributed by atoms with E-state index < -0.39 is 0 Å². The standard InChI is InChI=1S/C14H20N2O3/c1-3-10(9-18-2)16-14(17)11-5-4-6-12-13(11)19-8-7-15-12/h4-6,10,15H,3,7-9H2,1-2H3,(H,16,17). The predicted octanol–water partition coefficient (Wildman–Crippen LogP) is 1.65. The summed E-state index contributed by atoms with van der Waals surface area (Å²) >= 11 is 0. The van der Waals surface area contributed by atoms with Crippen molar-refractivity contribution in [1.29, 1.82) is 0 Å². The van der Waals surface area contributed by atoms with Crippen LogP contribution in [0.15, 0.2) is 18.2 Å². The van der Waals surface area contributed by atoms with Gasteiger partial charge in [0.05, 0.1) is 23.9 Å². The quantitative estimate of drug-likeness (QED) is 0.849. The third-order valence-corrected chi connectivity index (χ3v) is 3.12. The summed E-state index contributed by atoms with van der Waals surface area (Å²) in [5.74, 6) is 0.517. The number of carbonyl (C=O) groups is 1. The number of methoxy groups -OCH3 is 1. The largest absolute Gasteiger partial charge is 0.489 e. The maximum absolute atomic E-state index is 12.3. The van der Waals surface area contributed by atoms with Crippen molar-refractivity contribution < 1.29 is 14.3 Å². The first-order valence-corrected chi connectivity index (χ1v) is 6.55. The lowest BCUT2D eigenvalue weighted by molar-refractivity contribution is 0.0890. The van der Waals surface area contributed by atoms with Crippen LogP contribution < -0.4 is 15.4 Å². The van der Waals surface area contributed by atoms with Gasteiger partial charge >= 0.3 is 0 Å². The average molecular weight is 264 g/mol. The van der Waals surface area contributed by atoms with E-state index >= 15 is 0 Å². The van der Waals surface area contributed by atoms with Crippen LogP contribution in [-0.4, -0.2) is 38.8 Å². The first-order chi connectivity index (χ1) is 9.26. The van der Waals surface area contributed by atoms with E-state index in [4.69, 9.17) is 9.47 Å². The number of para-hydroxylation sites is 1. The summed E-state index contributed by atoms with van der Waals surface area (Å²) in [6.45, 7) is 3.87. The molecule has 1 amide bonds. The van der Waals surface area contributed by atoms with E-state index in [9.17, 15) is 4.79 Å². The fourth-order valence-electron chi connectivity index (χ4n) is 2.08. The lowest BCUT2D eigenvalue weighted by Gasteiger charge is -2.22. The Labute approximate surface area is 113 Å². The molecule has 1 aromatic rings. The molecule has 1 unspecified atom stereocenters. The highest BCUT2D eigenvalue weighted by molar-refractivity contribution is 5.99. The molecule has 0 spiro atoms. The molecule has 2 N–H and O–H groups in total. The molecule has 0 aliphatic carbocycles. The number of rotatable bonds is 5. The van der Waals surface area contributed by atoms with E-state index in [1.54, 1.807) is 13.2 Å². The van der Waals surface area contributed by atoms with Crippen molar-refractivity contribution in [3.05, 3.63) is 23.8 Å². The first-order valence-electron chi connectivity index (χ1n) is 6.55. The predicted molar refractivity (Wildman–Crippen MR) is 73.8 cm³/mol. The Morgan fingerprint density at radius 1 is 1.58 bits per heavy atom. The average Bonchev–Trinajstić information content (AvgIpc) is 2.46. The Bertz CT molecular complexity index is 448. The summed E-state index contributed by atoms with van der Waals surface area (Å²) in [5, 5.41) is 6.18. The molecule has 0 bridgehead atoms. The van der Waals surface area contributed by atoms with Gasteiger partial charge in [-0.1, -0.05) is 13.0 Å². The minimum Gasteiger partial charge on any atom is -0.489 e. The van der Waals surface area contributed by atoms with Gasteiger partial charge in [0.25, 0.3) is 5.91 Å². The highest BCUT2D eigenvalue weighted by Crippen LogP contribution is 2.31. The Kier molecular flexibility index (Phi) is 4.63. The molecule has 1 aliphatic heterocycles. The van der Waals surface area contributed by atoms with Gasteiger partial charge in [-0.05, 0) is 18.6 Å². The lowest BCUT2D eigenvalue weighted by atomic mass is 10.1. The molecule has 0 fully saturated rings. The number of anilines is 1. The number of ether oxygens (including phenoxy) is 2. The zero-order valence-corrected chi connectivity index (χ0v) is 11.4. The van der Waals surface area contributed by atoms with Gasteiger partial charge in [-0.15, -0.1) is 0 Å². The summed E-state index contributed by atoms with van der Waals surface area (Å²) < 4.78 is 10.7. The van der Waals surface area contributed by atoms with Crippen molar-refractivity contribution in [1.82, 2.24) is 5.32 Å². The Morgan fingerprint density at radius 3 is 3.16 bits per heavy atom. The molecule has 19 heavy (non-hydrogen) atoms. The minimum absolute atomic E-state index is 0.0184. The molecule has 5 heteroatoms. The number of benzene rings is 1. The topological polar surface area (TPSA) is 59.6 Å². The van der Waals surface area contributed by atoms with E-state index in [1.165, 1.54) is 0 Å². The van der Waals surface area contributed by atoms with Crippen LogP contribution in [0, 0.1) is 0 Å². The Hall–Kier alpha value is -1.75. The summed E-state index contributed by atoms with van der Waals surface area (Å²) in [5.41, 5.74) is 1.44. The zero-order valence-electron chi connectivity index (χ0n) is 11.4. The highest BCUT2D eigenvalue weighted by atomic mass is 16.5. The van der Waals surface area contributed by atoms with Crippen LogP contribution in [0.25, 0.3) is 0 Å². The van der Waals surface area contributed by atoms with Crippen LogP contribution in [0.2, 0.25) is 0 Å². The third kappa shape index (κ3) is 3.17. The van der Waals surface area contributed by atoms with Crippen LogP contribution in [0.4, 0.5) is 5.69 Å². The fraction of sp³-hybridized carbons (Fsp3) is 0.500. The van der Waals surface area contributed by atoms with Gasteiger partial charge in [0.2, 0.25) is 0 Å². The molecular formula is C14H20N2O3. The van der Waals surface area contributed by atoms with Gasteiger partial charge in [0.15, 0.2) is 5.75 Å². The molecule has 0 radical (unpaired) electrons. The second kappa shape index (κ2) is 6.43. The highest BCUT2D eigenvalue weighted by Gasteiger charge is 2.20. The third-order valence-electron chi connectivity index (χ3n) is 3.12. The minimum atomic E-state index is -0.121. The van der Waals surface area contributed by atoms with E-state index in [0.29, 0.717) is 24.5 Å². The molecule has 1 aliphatic rings. The number of fused-ring (bicyclic) bond motifs is 1. The van der Waals surface area contributed by atoms with Crippen molar-refractivity contribution in [2.45, 2.75) is 19.4 Å². The second-order valence-corrected chi connectivity index (χ2v) is 4.49. The van der Waals surface area contributed by atoms with E-state index in [2.05, 4.69) is 10.6 Å². The molecule has 1 heterocycles. The monoisotopic (exact) mass is 264 g/mol. The van der Waals surface area contributed by atoms with E-state index in [1.807, 2.05) is 19.1 Å². The number of hydrogen-bond acceptors (Lipinski definition) is 4. The van der Waals surface area contributed by atoms with Gasteiger partial charge in [-0.3, -0.25) is 4.79 Å². The fourth-order valence-corrected chi connectivity index (χ4v) is 2.08. The number of amides is 1. The molecule has 0 aromatic heterocycles. The van der Waals surface area contributed by atoms with Crippen molar-refractivity contribution >= 4 is 11.6 Å². The lowest BCUT2D eigenvalue weighted by Crippen LogP contribution is -2.38. The number of hydrogen-bond donors (Lipinski definition) is 2. The van der Waals surface area contributed by atoms with Gasteiger partial charge in [0, 0.05) is 13.7 Å². The molecule has 2 rings (SSSR count). The van der Waals surface area contributed by atoms with Gasteiger partial charge in [-0.2, -0.15) is 0 Å². The van der Waals surface area contributed by atoms with E-state index in [-0.39, 0.29) is 11.9 Å². The Morgan fingerprint density at radius 2 is 2.42 bits per heavy atom. The van der Waals surface area contributed by atoms with Gasteiger partial charge in [-0.25, -0.2) is 0 Å². The Balaban J connectivity index is 2.15. The molecule has 0 saturated heterocycles. The SMILES string of the molecule is CCC(COC)NC(=O)c1cccc2c1OCCN2. The van der Waals surface area contributed by atoms with E-state index in [0.717, 1.165) is 18.7 Å². The zero-order chi connectivity index (χ0) is 13.7. The number of nitrogens with one attached hydrogen (secondary N) is 2. The molecule has 104 valence electrons. The summed E-state index contributed by atoms with van der Waals surface area (Å²) in [6, 6.07) is 5.57. The molecule has 1 aromatic carbocycles. The summed E-state index contributed by atoms with van der Waals surface area (Å²) in [4.78, 5) is 12.3. The second-order valence-electron chi connectivity index (χ2n) is 4.49. The summed E-state index contributed by atoms with van der Waals surface area (Å²) in [6.07, 6.45) is 0.827. The maximum atomic E-state index is 12.3. The van der Waals surface area contributed by atoms with Crippen molar-refractivity contribution in [3.63, 3.8) is 0 Å². The molecular weight excluding hydrogens is 244 g/mol. The van der Waals surface area contributed by atoms with Crippen molar-refractivity contribution in [3.8, 4) is 5.75 Å². The van der Waals surface area contributed by atoms with Gasteiger partial charge < -0.3 is 20.1 Å². The normalized spacial score (nSPS) is 14.8. The molecule has 5 nitrogen and oxygen atoms in total. The molecule has 1 atom stereocenters. The van der Waals surface area contributed by atoms with Crippen LogP contribution in [-0.2, 0) is 4.74 Å². The van der Waals surface area contributed by atoms with Crippen LogP contribution in [0.3, 0.4) is 0 Å². The first kappa shape index (κ1) is 13.7. The van der Waals surface area contributed by atoms with Crippen molar-refractivity contribution in [2.24, 2.45) is 0 Å². The maximum Gasteiger partial charge on any atom is 0.255 e. The van der Waals surface area contributed by atoms with Gasteiger partial charge in [0.1, 0.15) is 6.61 Å². The summed E-state index contributed by atoms with van der Waals surface area (Å²) in [7, 11) is 1.63. The smallest absolute Gasteiger partial charge is 0.255 e. The van der Waals surface area contributed by atoms with Crippen LogP contribution in [0.1, 0.15) is 23.7 Å². The van der Waals surface area contributed by atoms with Crippen LogP contribution >= 0.6 is 0 Å².